The third-order valence-electron chi connectivity index (χ3n) is 3.55. The van der Waals surface area contributed by atoms with Gasteiger partial charge in [-0.25, -0.2) is 4.79 Å². The highest BCUT2D eigenvalue weighted by Gasteiger charge is 2.20. The van der Waals surface area contributed by atoms with Crippen LogP contribution in [0.4, 0.5) is 0 Å². The zero-order valence-electron chi connectivity index (χ0n) is 11.8. The predicted octanol–water partition coefficient (Wildman–Crippen LogP) is 2.05. The number of aryl methyl sites for hydroxylation is 1. The Kier molecular flexibility index (Phi) is 4.42. The fourth-order valence-electron chi connectivity index (χ4n) is 2.50. The fourth-order valence-corrected chi connectivity index (χ4v) is 3.02. The maximum Gasteiger partial charge on any atom is 0.350 e. The first-order chi connectivity index (χ1) is 10.6. The molecule has 6 nitrogen and oxygen atoms in total. The van der Waals surface area contributed by atoms with E-state index in [9.17, 15) is 4.79 Å². The lowest BCUT2D eigenvalue weighted by Crippen LogP contribution is -2.26. The van der Waals surface area contributed by atoms with Gasteiger partial charge in [0.15, 0.2) is 0 Å². The quantitative estimate of drug-likeness (QED) is 0.922. The lowest BCUT2D eigenvalue weighted by atomic mass is 10.2. The van der Waals surface area contributed by atoms with Crippen LogP contribution in [0, 0.1) is 0 Å². The van der Waals surface area contributed by atoms with Gasteiger partial charge in [-0.15, -0.1) is 5.10 Å². The zero-order chi connectivity index (χ0) is 15.7. The molecule has 0 radical (unpaired) electrons. The minimum absolute atomic E-state index is 0.107. The van der Waals surface area contributed by atoms with Gasteiger partial charge in [0.1, 0.15) is 18.2 Å². The van der Waals surface area contributed by atoms with Crippen molar-refractivity contribution in [3.63, 3.8) is 0 Å². The van der Waals surface area contributed by atoms with Crippen molar-refractivity contribution in [2.45, 2.75) is 25.8 Å². The number of halogens is 2. The van der Waals surface area contributed by atoms with E-state index in [1.165, 1.54) is 10.7 Å². The number of hydrogen-bond acceptors (Lipinski definition) is 4. The van der Waals surface area contributed by atoms with Crippen molar-refractivity contribution in [2.75, 3.05) is 13.2 Å². The number of aliphatic hydroxyl groups excluding tert-OH is 1. The lowest BCUT2D eigenvalue weighted by molar-refractivity contribution is 0.201. The predicted molar refractivity (Wildman–Crippen MR) is 83.4 cm³/mol. The summed E-state index contributed by atoms with van der Waals surface area (Å²) in [4.78, 5) is 12.5. The Morgan fingerprint density at radius 3 is 2.82 bits per heavy atom. The summed E-state index contributed by atoms with van der Waals surface area (Å²) in [7, 11) is 0. The summed E-state index contributed by atoms with van der Waals surface area (Å²) >= 11 is 12.3. The van der Waals surface area contributed by atoms with Gasteiger partial charge in [-0.1, -0.05) is 23.2 Å². The van der Waals surface area contributed by atoms with Crippen molar-refractivity contribution in [1.29, 1.82) is 0 Å². The zero-order valence-corrected chi connectivity index (χ0v) is 13.3. The van der Waals surface area contributed by atoms with Crippen molar-refractivity contribution in [3.05, 3.63) is 38.5 Å². The molecular formula is C14H15Cl2N3O3. The van der Waals surface area contributed by atoms with E-state index in [2.05, 4.69) is 5.10 Å². The lowest BCUT2D eigenvalue weighted by Gasteiger charge is -2.10. The van der Waals surface area contributed by atoms with Gasteiger partial charge in [0.25, 0.3) is 0 Å². The monoisotopic (exact) mass is 343 g/mol. The molecule has 0 aliphatic carbocycles. The minimum atomic E-state index is -0.216. The maximum absolute atomic E-state index is 12.5. The van der Waals surface area contributed by atoms with Crippen LogP contribution in [-0.2, 0) is 13.0 Å². The van der Waals surface area contributed by atoms with E-state index in [1.807, 2.05) is 0 Å². The van der Waals surface area contributed by atoms with E-state index in [0.717, 1.165) is 25.1 Å². The Morgan fingerprint density at radius 1 is 1.27 bits per heavy atom. The van der Waals surface area contributed by atoms with Crippen molar-refractivity contribution in [3.8, 4) is 11.4 Å². The molecule has 0 saturated heterocycles. The normalized spacial score (nSPS) is 14.0. The molecule has 0 spiro atoms. The molecule has 1 aromatic carbocycles. The van der Waals surface area contributed by atoms with E-state index < -0.39 is 0 Å². The molecule has 0 bridgehead atoms. The summed E-state index contributed by atoms with van der Waals surface area (Å²) in [5, 5.41) is 13.9. The Balaban J connectivity index is 2.08. The summed E-state index contributed by atoms with van der Waals surface area (Å²) in [5.74, 6) is 1.12. The Hall–Kier alpha value is -1.50. The Bertz CT molecular complexity index is 755. The second-order valence-corrected chi connectivity index (χ2v) is 5.84. The van der Waals surface area contributed by atoms with E-state index in [0.29, 0.717) is 28.0 Å². The molecular weight excluding hydrogens is 329 g/mol. The highest BCUT2D eigenvalue weighted by atomic mass is 35.5. The highest BCUT2D eigenvalue weighted by Crippen LogP contribution is 2.32. The number of benzene rings is 1. The minimum Gasteiger partial charge on any atom is -0.490 e. The molecule has 3 rings (SSSR count). The smallest absolute Gasteiger partial charge is 0.350 e. The van der Waals surface area contributed by atoms with Gasteiger partial charge >= 0.3 is 5.69 Å². The molecule has 2 heterocycles. The number of fused-ring (bicyclic) bond motifs is 1. The second kappa shape index (κ2) is 6.32. The Labute approximate surface area is 136 Å². The van der Waals surface area contributed by atoms with Crippen LogP contribution in [-0.4, -0.2) is 32.7 Å². The van der Waals surface area contributed by atoms with Crippen molar-refractivity contribution in [1.82, 2.24) is 14.3 Å². The summed E-state index contributed by atoms with van der Waals surface area (Å²) < 4.78 is 8.31. The van der Waals surface area contributed by atoms with E-state index in [1.54, 1.807) is 10.6 Å². The molecule has 0 saturated carbocycles. The fraction of sp³-hybridized carbons (Fsp3) is 0.429. The average molecular weight is 344 g/mol. The van der Waals surface area contributed by atoms with E-state index >= 15 is 0 Å². The SMILES string of the molecule is O=c1n(-c2cc(OCCO)c(Cl)cc2Cl)nc2n1CCCC2. The first-order valence-corrected chi connectivity index (χ1v) is 7.79. The number of ether oxygens (including phenoxy) is 1. The third-order valence-corrected chi connectivity index (χ3v) is 4.15. The van der Waals surface area contributed by atoms with Crippen LogP contribution >= 0.6 is 23.2 Å². The molecule has 118 valence electrons. The number of aliphatic hydroxyl groups is 1. The van der Waals surface area contributed by atoms with Gasteiger partial charge in [0, 0.05) is 19.0 Å². The molecule has 0 atom stereocenters. The molecule has 0 amide bonds. The highest BCUT2D eigenvalue weighted by molar-refractivity contribution is 6.36. The summed E-state index contributed by atoms with van der Waals surface area (Å²) in [6.45, 7) is 0.648. The molecule has 0 unspecified atom stereocenters. The molecule has 0 fully saturated rings. The first-order valence-electron chi connectivity index (χ1n) is 7.03. The number of hydrogen-bond donors (Lipinski definition) is 1. The topological polar surface area (TPSA) is 69.3 Å². The second-order valence-electron chi connectivity index (χ2n) is 5.03. The molecule has 22 heavy (non-hydrogen) atoms. The summed E-state index contributed by atoms with van der Waals surface area (Å²) in [6, 6.07) is 3.08. The summed E-state index contributed by atoms with van der Waals surface area (Å²) in [6.07, 6.45) is 2.77. The maximum atomic E-state index is 12.5. The van der Waals surface area contributed by atoms with Crippen LogP contribution in [0.15, 0.2) is 16.9 Å². The van der Waals surface area contributed by atoms with E-state index in [4.69, 9.17) is 33.0 Å². The molecule has 1 aliphatic heterocycles. The molecule has 1 aromatic heterocycles. The standard InChI is InChI=1S/C14H15Cl2N3O3/c15-9-7-10(16)12(22-6-5-20)8-11(9)19-14(21)18-4-2-1-3-13(18)17-19/h7-8,20H,1-6H2. The molecule has 2 aromatic rings. The van der Waals surface area contributed by atoms with Crippen LogP contribution in [0.3, 0.4) is 0 Å². The van der Waals surface area contributed by atoms with Crippen molar-refractivity contribution >= 4 is 23.2 Å². The van der Waals surface area contributed by atoms with Gasteiger partial charge in [-0.05, 0) is 18.9 Å². The molecule has 8 heteroatoms. The first kappa shape index (κ1) is 15.4. The van der Waals surface area contributed by atoms with Gasteiger partial charge in [0.2, 0.25) is 0 Å². The van der Waals surface area contributed by atoms with Gasteiger partial charge in [-0.3, -0.25) is 4.57 Å². The van der Waals surface area contributed by atoms with Crippen molar-refractivity contribution in [2.24, 2.45) is 0 Å². The van der Waals surface area contributed by atoms with Crippen LogP contribution in [0.5, 0.6) is 5.75 Å². The van der Waals surface area contributed by atoms with Crippen LogP contribution in [0.25, 0.3) is 5.69 Å². The molecule has 1 aliphatic rings. The van der Waals surface area contributed by atoms with Gasteiger partial charge < -0.3 is 9.84 Å². The summed E-state index contributed by atoms with van der Waals surface area (Å²) in [5.41, 5.74) is 0.206. The number of nitrogens with zero attached hydrogens (tertiary/aromatic N) is 3. The third kappa shape index (κ3) is 2.74. The van der Waals surface area contributed by atoms with Gasteiger partial charge in [0.05, 0.1) is 22.3 Å². The van der Waals surface area contributed by atoms with E-state index in [-0.39, 0.29) is 18.9 Å². The van der Waals surface area contributed by atoms with Gasteiger partial charge in [-0.2, -0.15) is 4.68 Å². The van der Waals surface area contributed by atoms with Crippen LogP contribution in [0.2, 0.25) is 10.0 Å². The van der Waals surface area contributed by atoms with Crippen LogP contribution < -0.4 is 10.4 Å². The largest absolute Gasteiger partial charge is 0.490 e. The molecule has 1 N–H and O–H groups in total. The van der Waals surface area contributed by atoms with Crippen molar-refractivity contribution < 1.29 is 9.84 Å². The Morgan fingerprint density at radius 2 is 2.09 bits per heavy atom. The number of aromatic nitrogens is 3. The average Bonchev–Trinajstić information content (AvgIpc) is 2.84. The van der Waals surface area contributed by atoms with Crippen LogP contribution in [0.1, 0.15) is 18.7 Å². The number of rotatable bonds is 4.